The largest absolute Gasteiger partial charge is 0.423 e. The number of hydrogen-bond acceptors (Lipinski definition) is 3. The summed E-state index contributed by atoms with van der Waals surface area (Å²) in [5, 5.41) is 2.45. The molecule has 3 aromatic carbocycles. The first-order valence-corrected chi connectivity index (χ1v) is 11.8. The fourth-order valence-corrected chi connectivity index (χ4v) is 4.75. The van der Waals surface area contributed by atoms with Crippen molar-refractivity contribution in [2.24, 2.45) is 0 Å². The van der Waals surface area contributed by atoms with Gasteiger partial charge in [0.2, 0.25) is 0 Å². The van der Waals surface area contributed by atoms with Gasteiger partial charge in [-0.1, -0.05) is 55.1 Å². The summed E-state index contributed by atoms with van der Waals surface area (Å²) >= 11 is 1.79. The van der Waals surface area contributed by atoms with Crippen LogP contribution in [0.4, 0.5) is 0 Å². The lowest BCUT2D eigenvalue weighted by atomic mass is 10.1. The first-order chi connectivity index (χ1) is 16.6. The monoisotopic (exact) mass is 461 g/mol. The first kappa shape index (κ1) is 21.7. The predicted molar refractivity (Wildman–Crippen MR) is 145 cm³/mol. The summed E-state index contributed by atoms with van der Waals surface area (Å²) in [5.74, 6) is 0.0400. The van der Waals surface area contributed by atoms with Gasteiger partial charge in [0.25, 0.3) is 0 Å². The molecule has 34 heavy (non-hydrogen) atoms. The predicted octanol–water partition coefficient (Wildman–Crippen LogP) is 8.05. The number of benzene rings is 3. The maximum Gasteiger partial charge on any atom is 0.335 e. The van der Waals surface area contributed by atoms with Crippen LogP contribution in [0.5, 0.6) is 5.75 Å². The van der Waals surface area contributed by atoms with E-state index in [1.54, 1.807) is 23.5 Å². The normalized spacial score (nSPS) is 11.7. The highest BCUT2D eigenvalue weighted by atomic mass is 32.1. The first-order valence-electron chi connectivity index (χ1n) is 11.0. The molecule has 5 aromatic rings. The van der Waals surface area contributed by atoms with Gasteiger partial charge in [0.1, 0.15) is 5.75 Å². The second-order valence-electron chi connectivity index (χ2n) is 7.96. The number of aryl methyl sites for hydroxylation is 1. The highest BCUT2D eigenvalue weighted by molar-refractivity contribution is 7.12. The van der Waals surface area contributed by atoms with Crippen LogP contribution < -0.4 is 4.74 Å². The van der Waals surface area contributed by atoms with E-state index in [2.05, 4.69) is 97.1 Å². The van der Waals surface area contributed by atoms with E-state index in [1.807, 2.05) is 12.1 Å². The van der Waals surface area contributed by atoms with Gasteiger partial charge in [-0.15, -0.1) is 11.3 Å². The lowest BCUT2D eigenvalue weighted by molar-refractivity contribution is -0.128. The third-order valence-corrected chi connectivity index (χ3v) is 6.58. The van der Waals surface area contributed by atoms with Crippen LogP contribution in [-0.2, 0) is 4.79 Å². The summed E-state index contributed by atoms with van der Waals surface area (Å²) in [5.41, 5.74) is 4.51. The van der Waals surface area contributed by atoms with Gasteiger partial charge >= 0.3 is 5.97 Å². The summed E-state index contributed by atoms with van der Waals surface area (Å²) < 4.78 is 7.39. The van der Waals surface area contributed by atoms with E-state index in [0.717, 1.165) is 17.2 Å². The standard InChI is InChI=1S/C30H23NO2S/c1-3-30(32)33-24-14-11-22(12-15-24)9-10-23-13-17-29-27(20-23)26-6-4-5-7-28(26)31(29)19-18-25-16-8-21(2)34-25/h3-20H,1H2,2H3. The topological polar surface area (TPSA) is 31.2 Å². The Morgan fingerprint density at radius 3 is 2.35 bits per heavy atom. The maximum atomic E-state index is 11.3. The Hall–Kier alpha value is -4.15. The number of carbonyl (C=O) groups excluding carboxylic acids is 1. The van der Waals surface area contributed by atoms with E-state index in [4.69, 9.17) is 4.74 Å². The Morgan fingerprint density at radius 2 is 1.59 bits per heavy atom. The number of rotatable bonds is 6. The minimum atomic E-state index is -0.462. The van der Waals surface area contributed by atoms with Crippen molar-refractivity contribution >= 4 is 63.5 Å². The van der Waals surface area contributed by atoms with Crippen molar-refractivity contribution in [1.29, 1.82) is 0 Å². The summed E-state index contributed by atoms with van der Waals surface area (Å²) in [4.78, 5) is 13.9. The van der Waals surface area contributed by atoms with Gasteiger partial charge in [-0.25, -0.2) is 4.79 Å². The lowest BCUT2D eigenvalue weighted by Crippen LogP contribution is -2.02. The summed E-state index contributed by atoms with van der Waals surface area (Å²) in [6.45, 7) is 5.54. The van der Waals surface area contributed by atoms with Gasteiger partial charge in [0, 0.05) is 32.8 Å². The van der Waals surface area contributed by atoms with Gasteiger partial charge < -0.3 is 9.30 Å². The second-order valence-corrected chi connectivity index (χ2v) is 9.27. The molecular formula is C30H23NO2S. The Bertz CT molecular complexity index is 1570. The van der Waals surface area contributed by atoms with Crippen molar-refractivity contribution in [1.82, 2.24) is 4.57 Å². The fourth-order valence-electron chi connectivity index (χ4n) is 3.97. The molecule has 0 aliphatic carbocycles. The van der Waals surface area contributed by atoms with E-state index in [0.29, 0.717) is 5.75 Å². The zero-order valence-corrected chi connectivity index (χ0v) is 19.6. The molecule has 0 aliphatic heterocycles. The van der Waals surface area contributed by atoms with E-state index < -0.39 is 5.97 Å². The molecule has 0 unspecified atom stereocenters. The number of para-hydroxylation sites is 1. The van der Waals surface area contributed by atoms with E-state index in [9.17, 15) is 4.79 Å². The van der Waals surface area contributed by atoms with E-state index in [-0.39, 0.29) is 0 Å². The molecule has 0 aliphatic rings. The van der Waals surface area contributed by atoms with Crippen molar-refractivity contribution in [2.75, 3.05) is 0 Å². The number of fused-ring (bicyclic) bond motifs is 3. The maximum absolute atomic E-state index is 11.3. The zero-order valence-electron chi connectivity index (χ0n) is 18.8. The van der Waals surface area contributed by atoms with Crippen LogP contribution in [0.15, 0.2) is 91.5 Å². The highest BCUT2D eigenvalue weighted by Gasteiger charge is 2.09. The van der Waals surface area contributed by atoms with Gasteiger partial charge in [0.05, 0.1) is 11.0 Å². The van der Waals surface area contributed by atoms with Gasteiger partial charge in [0.15, 0.2) is 0 Å². The smallest absolute Gasteiger partial charge is 0.335 e. The average molecular weight is 462 g/mol. The molecule has 166 valence electrons. The zero-order chi connectivity index (χ0) is 23.5. The molecule has 0 N–H and O–H groups in total. The van der Waals surface area contributed by atoms with Crippen LogP contribution in [0.2, 0.25) is 0 Å². The number of hydrogen-bond donors (Lipinski definition) is 0. The molecule has 0 amide bonds. The van der Waals surface area contributed by atoms with Crippen molar-refractivity contribution in [3.8, 4) is 5.75 Å². The van der Waals surface area contributed by atoms with Crippen molar-refractivity contribution in [3.63, 3.8) is 0 Å². The molecule has 0 atom stereocenters. The average Bonchev–Trinajstić information content (AvgIpc) is 3.42. The van der Waals surface area contributed by atoms with Crippen LogP contribution >= 0.6 is 11.3 Å². The molecule has 0 saturated carbocycles. The van der Waals surface area contributed by atoms with E-state index in [1.165, 1.54) is 31.6 Å². The Labute approximate surface area is 202 Å². The second kappa shape index (κ2) is 9.38. The fraction of sp³-hybridized carbons (Fsp3) is 0.0333. The van der Waals surface area contributed by atoms with Crippen molar-refractivity contribution in [2.45, 2.75) is 6.92 Å². The molecule has 0 bridgehead atoms. The summed E-state index contributed by atoms with van der Waals surface area (Å²) in [6, 6.07) is 26.7. The summed E-state index contributed by atoms with van der Waals surface area (Å²) in [6.07, 6.45) is 9.64. The van der Waals surface area contributed by atoms with Crippen molar-refractivity contribution in [3.05, 3.63) is 112 Å². The summed E-state index contributed by atoms with van der Waals surface area (Å²) in [7, 11) is 0. The highest BCUT2D eigenvalue weighted by Crippen LogP contribution is 2.31. The number of nitrogens with zero attached hydrogens (tertiary/aromatic N) is 1. The van der Waals surface area contributed by atoms with Gasteiger partial charge in [-0.05, 0) is 66.6 Å². The van der Waals surface area contributed by atoms with Crippen molar-refractivity contribution < 1.29 is 9.53 Å². The van der Waals surface area contributed by atoms with Crippen LogP contribution in [-0.4, -0.2) is 10.5 Å². The number of esters is 1. The van der Waals surface area contributed by atoms with Gasteiger partial charge in [-0.3, -0.25) is 0 Å². The number of carbonyl (C=O) groups is 1. The van der Waals surface area contributed by atoms with E-state index >= 15 is 0 Å². The quantitative estimate of drug-likeness (QED) is 0.111. The Morgan fingerprint density at radius 1 is 0.853 bits per heavy atom. The Kier molecular flexibility index (Phi) is 5.98. The minimum absolute atomic E-state index is 0.462. The number of ether oxygens (including phenoxy) is 1. The lowest BCUT2D eigenvalue weighted by Gasteiger charge is -2.02. The molecule has 3 nitrogen and oxygen atoms in total. The third kappa shape index (κ3) is 4.49. The molecular weight excluding hydrogens is 438 g/mol. The van der Waals surface area contributed by atoms with Crippen LogP contribution in [0.25, 0.3) is 46.2 Å². The molecule has 0 spiro atoms. The van der Waals surface area contributed by atoms with Crippen LogP contribution in [0.3, 0.4) is 0 Å². The van der Waals surface area contributed by atoms with Crippen LogP contribution in [0.1, 0.15) is 20.9 Å². The van der Waals surface area contributed by atoms with Crippen LogP contribution in [0, 0.1) is 6.92 Å². The molecule has 0 radical (unpaired) electrons. The Balaban J connectivity index is 1.46. The molecule has 2 aromatic heterocycles. The molecule has 5 rings (SSSR count). The van der Waals surface area contributed by atoms with Gasteiger partial charge in [-0.2, -0.15) is 0 Å². The molecule has 0 fully saturated rings. The molecule has 4 heteroatoms. The number of thiophene rings is 1. The SMILES string of the molecule is C=CC(=O)Oc1ccc(C=Cc2ccc3c(c2)c2ccccc2n3C=Cc2ccc(C)s2)cc1. The number of aromatic nitrogens is 1. The molecule has 0 saturated heterocycles. The third-order valence-electron chi connectivity index (χ3n) is 5.62. The molecule has 2 heterocycles. The minimum Gasteiger partial charge on any atom is -0.423 e.